The number of carbonyl (C=O) groups is 1. The van der Waals surface area contributed by atoms with Gasteiger partial charge in [0.1, 0.15) is 12.1 Å². The Hall–Kier alpha value is -2.18. The first-order chi connectivity index (χ1) is 13.5. The second-order valence-electron chi connectivity index (χ2n) is 8.96. The van der Waals surface area contributed by atoms with Crippen molar-refractivity contribution >= 4 is 22.8 Å². The number of hydrogen-bond donors (Lipinski definition) is 1. The molecule has 4 rings (SSSR count). The minimum absolute atomic E-state index is 0.145. The summed E-state index contributed by atoms with van der Waals surface area (Å²) < 4.78 is 2.08. The van der Waals surface area contributed by atoms with E-state index >= 15 is 0 Å². The van der Waals surface area contributed by atoms with Gasteiger partial charge in [-0.2, -0.15) is 5.10 Å². The maximum Gasteiger partial charge on any atom is 0.220 e. The zero-order valence-electron chi connectivity index (χ0n) is 17.4. The molecular formula is C21H32N6O. The van der Waals surface area contributed by atoms with E-state index in [0.29, 0.717) is 12.3 Å². The summed E-state index contributed by atoms with van der Waals surface area (Å²) >= 11 is 0. The quantitative estimate of drug-likeness (QED) is 0.829. The fraction of sp³-hybridized carbons (Fsp3) is 0.714. The molecule has 0 unspecified atom stereocenters. The molecule has 152 valence electrons. The van der Waals surface area contributed by atoms with Crippen LogP contribution in [0.25, 0.3) is 11.0 Å². The van der Waals surface area contributed by atoms with E-state index in [1.54, 1.807) is 6.33 Å². The van der Waals surface area contributed by atoms with E-state index in [1.807, 2.05) is 0 Å². The van der Waals surface area contributed by atoms with E-state index in [2.05, 4.69) is 40.7 Å². The SMILES string of the molecule is CCCCn1nc(CC(C)C)c2c(N3CCC4(CC3)CNC(=O)C4)ncnc21. The number of carbonyl (C=O) groups excluding carboxylic acids is 1. The summed E-state index contributed by atoms with van der Waals surface area (Å²) in [5.41, 5.74) is 2.23. The van der Waals surface area contributed by atoms with Crippen molar-refractivity contribution in [2.45, 2.75) is 65.8 Å². The Morgan fingerprint density at radius 3 is 2.68 bits per heavy atom. The van der Waals surface area contributed by atoms with Gasteiger partial charge in [0.15, 0.2) is 5.65 Å². The van der Waals surface area contributed by atoms with E-state index in [4.69, 9.17) is 10.1 Å². The van der Waals surface area contributed by atoms with Gasteiger partial charge in [0.25, 0.3) is 0 Å². The number of nitrogens with zero attached hydrogens (tertiary/aromatic N) is 5. The van der Waals surface area contributed by atoms with Crippen LogP contribution in [-0.2, 0) is 17.8 Å². The molecule has 7 nitrogen and oxygen atoms in total. The summed E-state index contributed by atoms with van der Waals surface area (Å²) in [6.45, 7) is 10.3. The average molecular weight is 385 g/mol. The molecule has 0 bridgehead atoms. The third-order valence-electron chi connectivity index (χ3n) is 6.23. The number of aryl methyl sites for hydroxylation is 1. The van der Waals surface area contributed by atoms with Crippen molar-refractivity contribution in [1.82, 2.24) is 25.1 Å². The topological polar surface area (TPSA) is 75.9 Å². The predicted molar refractivity (Wildman–Crippen MR) is 110 cm³/mol. The zero-order valence-corrected chi connectivity index (χ0v) is 17.4. The second-order valence-corrected chi connectivity index (χ2v) is 8.96. The average Bonchev–Trinajstić information content (AvgIpc) is 3.21. The molecule has 0 aromatic carbocycles. The fourth-order valence-electron chi connectivity index (χ4n) is 4.60. The van der Waals surface area contributed by atoms with Gasteiger partial charge in [-0.1, -0.05) is 27.2 Å². The van der Waals surface area contributed by atoms with Crippen LogP contribution < -0.4 is 10.2 Å². The number of piperidine rings is 1. The van der Waals surface area contributed by atoms with Crippen molar-refractivity contribution in [2.75, 3.05) is 24.5 Å². The standard InChI is InChI=1S/C21H32N6O/c1-4-5-8-27-20-18(16(25-27)11-15(2)3)19(23-14-24-20)26-9-6-21(7-10-26)12-17(28)22-13-21/h14-15H,4-13H2,1-3H3,(H,22,28). The number of hydrogen-bond acceptors (Lipinski definition) is 5. The van der Waals surface area contributed by atoms with Crippen LogP contribution in [-0.4, -0.2) is 45.3 Å². The minimum atomic E-state index is 0.145. The van der Waals surface area contributed by atoms with E-state index in [9.17, 15) is 4.79 Å². The van der Waals surface area contributed by atoms with Gasteiger partial charge in [-0.15, -0.1) is 0 Å². The summed E-state index contributed by atoms with van der Waals surface area (Å²) in [7, 11) is 0. The molecule has 2 fully saturated rings. The van der Waals surface area contributed by atoms with E-state index < -0.39 is 0 Å². The molecule has 1 spiro atoms. The van der Waals surface area contributed by atoms with Crippen LogP contribution in [0.5, 0.6) is 0 Å². The van der Waals surface area contributed by atoms with Crippen molar-refractivity contribution in [3.05, 3.63) is 12.0 Å². The lowest BCUT2D eigenvalue weighted by Gasteiger charge is -2.38. The lowest BCUT2D eigenvalue weighted by molar-refractivity contribution is -0.119. The minimum Gasteiger partial charge on any atom is -0.356 e. The molecule has 0 atom stereocenters. The first kappa shape index (κ1) is 19.2. The van der Waals surface area contributed by atoms with Gasteiger partial charge < -0.3 is 10.2 Å². The summed E-state index contributed by atoms with van der Waals surface area (Å²) in [6.07, 6.45) is 7.59. The summed E-state index contributed by atoms with van der Waals surface area (Å²) in [5, 5.41) is 9.09. The maximum atomic E-state index is 11.7. The molecule has 2 saturated heterocycles. The molecule has 2 aliphatic heterocycles. The summed E-state index contributed by atoms with van der Waals surface area (Å²) in [5.74, 6) is 1.76. The van der Waals surface area contributed by atoms with Gasteiger partial charge in [0, 0.05) is 32.6 Å². The highest BCUT2D eigenvalue weighted by Gasteiger charge is 2.41. The van der Waals surface area contributed by atoms with Gasteiger partial charge in [-0.25, -0.2) is 14.6 Å². The molecule has 4 heterocycles. The smallest absolute Gasteiger partial charge is 0.220 e. The number of rotatable bonds is 6. The van der Waals surface area contributed by atoms with Crippen LogP contribution in [0.15, 0.2) is 6.33 Å². The van der Waals surface area contributed by atoms with E-state index in [1.165, 1.54) is 0 Å². The third-order valence-corrected chi connectivity index (χ3v) is 6.23. The Morgan fingerprint density at radius 2 is 2.04 bits per heavy atom. The second kappa shape index (κ2) is 7.68. The van der Waals surface area contributed by atoms with Crippen LogP contribution in [0.3, 0.4) is 0 Å². The molecule has 0 saturated carbocycles. The van der Waals surface area contributed by atoms with Crippen LogP contribution in [0, 0.1) is 11.3 Å². The summed E-state index contributed by atoms with van der Waals surface area (Å²) in [4.78, 5) is 23.4. The molecule has 7 heteroatoms. The molecular weight excluding hydrogens is 352 g/mol. The Morgan fingerprint density at radius 1 is 1.25 bits per heavy atom. The van der Waals surface area contributed by atoms with E-state index in [0.717, 1.165) is 80.8 Å². The highest BCUT2D eigenvalue weighted by atomic mass is 16.1. The van der Waals surface area contributed by atoms with Gasteiger partial charge in [-0.05, 0) is 37.0 Å². The molecule has 28 heavy (non-hydrogen) atoms. The highest BCUT2D eigenvalue weighted by molar-refractivity contribution is 5.90. The molecule has 2 aromatic rings. The highest BCUT2D eigenvalue weighted by Crippen LogP contribution is 2.39. The summed E-state index contributed by atoms with van der Waals surface area (Å²) in [6, 6.07) is 0. The molecule has 0 aliphatic carbocycles. The zero-order chi connectivity index (χ0) is 19.7. The molecule has 1 N–H and O–H groups in total. The third kappa shape index (κ3) is 3.59. The maximum absolute atomic E-state index is 11.7. The predicted octanol–water partition coefficient (Wildman–Crippen LogP) is 2.93. The number of anilines is 1. The number of fused-ring (bicyclic) bond motifs is 1. The molecule has 2 aliphatic rings. The van der Waals surface area contributed by atoms with Crippen molar-refractivity contribution in [1.29, 1.82) is 0 Å². The van der Waals surface area contributed by atoms with Crippen LogP contribution in [0.4, 0.5) is 5.82 Å². The van der Waals surface area contributed by atoms with Gasteiger partial charge >= 0.3 is 0 Å². The number of aromatic nitrogens is 4. The van der Waals surface area contributed by atoms with Crippen molar-refractivity contribution in [3.8, 4) is 0 Å². The Bertz CT molecular complexity index is 850. The molecule has 2 aromatic heterocycles. The molecule has 1 amide bonds. The van der Waals surface area contributed by atoms with Gasteiger partial charge in [0.2, 0.25) is 5.91 Å². The van der Waals surface area contributed by atoms with Crippen LogP contribution in [0.1, 0.15) is 58.6 Å². The molecule has 0 radical (unpaired) electrons. The normalized spacial score (nSPS) is 19.1. The van der Waals surface area contributed by atoms with Crippen LogP contribution >= 0.6 is 0 Å². The van der Waals surface area contributed by atoms with E-state index in [-0.39, 0.29) is 11.3 Å². The van der Waals surface area contributed by atoms with Crippen molar-refractivity contribution < 1.29 is 4.79 Å². The number of amides is 1. The monoisotopic (exact) mass is 384 g/mol. The van der Waals surface area contributed by atoms with Gasteiger partial charge in [0.05, 0.1) is 11.1 Å². The Balaban J connectivity index is 1.65. The Kier molecular flexibility index (Phi) is 5.25. The van der Waals surface area contributed by atoms with Crippen LogP contribution in [0.2, 0.25) is 0 Å². The van der Waals surface area contributed by atoms with Gasteiger partial charge in [-0.3, -0.25) is 4.79 Å². The number of unbranched alkanes of at least 4 members (excludes halogenated alkanes) is 1. The van der Waals surface area contributed by atoms with Crippen molar-refractivity contribution in [2.24, 2.45) is 11.3 Å². The first-order valence-corrected chi connectivity index (χ1v) is 10.7. The Labute approximate surface area is 166 Å². The lowest BCUT2D eigenvalue weighted by atomic mass is 9.77. The van der Waals surface area contributed by atoms with Crippen molar-refractivity contribution in [3.63, 3.8) is 0 Å². The first-order valence-electron chi connectivity index (χ1n) is 10.7. The fourth-order valence-corrected chi connectivity index (χ4v) is 4.60. The number of nitrogens with one attached hydrogen (secondary N) is 1. The lowest BCUT2D eigenvalue weighted by Crippen LogP contribution is -2.41. The largest absolute Gasteiger partial charge is 0.356 e.